The molecule has 0 unspecified atom stereocenters. The molecule has 1 N–H and O–H groups in total. The summed E-state index contributed by atoms with van der Waals surface area (Å²) in [6.45, 7) is 4.72. The van der Waals surface area contributed by atoms with Crippen LogP contribution < -0.4 is 5.32 Å². The SMILES string of the molecule is CCN(Cc1ccoc1)C(=O)NCC1CCN(S(C)(=O)=O)CC1. The normalized spacial score (nSPS) is 17.1. The topological polar surface area (TPSA) is 82.9 Å². The number of amides is 2. The maximum absolute atomic E-state index is 12.2. The minimum Gasteiger partial charge on any atom is -0.472 e. The molecule has 0 bridgehead atoms. The molecule has 8 heteroatoms. The molecule has 0 radical (unpaired) electrons. The van der Waals surface area contributed by atoms with Gasteiger partial charge in [-0.3, -0.25) is 0 Å². The number of rotatable bonds is 6. The molecule has 0 aromatic carbocycles. The lowest BCUT2D eigenvalue weighted by atomic mass is 9.98. The van der Waals surface area contributed by atoms with Crippen molar-refractivity contribution in [3.63, 3.8) is 0 Å². The average Bonchev–Trinajstić information content (AvgIpc) is 3.03. The predicted octanol–water partition coefficient (Wildman–Crippen LogP) is 1.48. The first kappa shape index (κ1) is 17.8. The second kappa shape index (κ2) is 7.83. The molecule has 0 atom stereocenters. The van der Waals surface area contributed by atoms with E-state index in [0.717, 1.165) is 18.4 Å². The fourth-order valence-corrected chi connectivity index (χ4v) is 3.59. The van der Waals surface area contributed by atoms with Gasteiger partial charge in [-0.05, 0) is 31.7 Å². The number of nitrogens with one attached hydrogen (secondary N) is 1. The molecular weight excluding hydrogens is 318 g/mol. The van der Waals surface area contributed by atoms with Gasteiger partial charge in [-0.25, -0.2) is 17.5 Å². The monoisotopic (exact) mass is 343 g/mol. The first-order valence-corrected chi connectivity index (χ1v) is 9.74. The Labute approximate surface area is 137 Å². The standard InChI is InChI=1S/C15H25N3O4S/c1-3-17(11-14-6-9-22-12-14)15(19)16-10-13-4-7-18(8-5-13)23(2,20)21/h6,9,12-13H,3-5,7-8,10-11H2,1-2H3,(H,16,19). The average molecular weight is 343 g/mol. The first-order valence-electron chi connectivity index (χ1n) is 7.89. The quantitative estimate of drug-likeness (QED) is 0.848. The minimum atomic E-state index is -3.10. The molecule has 2 amide bonds. The van der Waals surface area contributed by atoms with Crippen LogP contribution in [0.5, 0.6) is 0 Å². The summed E-state index contributed by atoms with van der Waals surface area (Å²) >= 11 is 0. The summed E-state index contributed by atoms with van der Waals surface area (Å²) in [5, 5.41) is 2.96. The number of hydrogen-bond donors (Lipinski definition) is 1. The molecule has 0 spiro atoms. The molecule has 7 nitrogen and oxygen atoms in total. The van der Waals surface area contributed by atoms with Crippen molar-refractivity contribution in [2.45, 2.75) is 26.3 Å². The van der Waals surface area contributed by atoms with Crippen LogP contribution in [0.1, 0.15) is 25.3 Å². The number of carbonyl (C=O) groups excluding carboxylic acids is 1. The Hall–Kier alpha value is -1.54. The van der Waals surface area contributed by atoms with Gasteiger partial charge in [-0.1, -0.05) is 0 Å². The van der Waals surface area contributed by atoms with Gasteiger partial charge in [0.25, 0.3) is 0 Å². The third-order valence-corrected chi connectivity index (χ3v) is 5.51. The molecule has 23 heavy (non-hydrogen) atoms. The Morgan fingerprint density at radius 2 is 2.13 bits per heavy atom. The van der Waals surface area contributed by atoms with E-state index in [1.165, 1.54) is 10.6 Å². The second-order valence-electron chi connectivity index (χ2n) is 5.94. The fourth-order valence-electron chi connectivity index (χ4n) is 2.72. The van der Waals surface area contributed by atoms with Crippen LogP contribution in [0.2, 0.25) is 0 Å². The summed E-state index contributed by atoms with van der Waals surface area (Å²) in [5.74, 6) is 0.324. The molecule has 2 heterocycles. The van der Waals surface area contributed by atoms with E-state index in [0.29, 0.717) is 38.6 Å². The molecule has 130 valence electrons. The summed E-state index contributed by atoms with van der Waals surface area (Å²) in [5.41, 5.74) is 0.962. The van der Waals surface area contributed by atoms with E-state index in [2.05, 4.69) is 5.32 Å². The zero-order valence-corrected chi connectivity index (χ0v) is 14.5. The fraction of sp³-hybridized carbons (Fsp3) is 0.667. The van der Waals surface area contributed by atoms with Gasteiger partial charge in [0.15, 0.2) is 0 Å². The van der Waals surface area contributed by atoms with Gasteiger partial charge < -0.3 is 14.6 Å². The first-order chi connectivity index (χ1) is 10.9. The molecule has 0 saturated carbocycles. The van der Waals surface area contributed by atoms with Gasteiger partial charge >= 0.3 is 6.03 Å². The molecule has 1 aliphatic heterocycles. The van der Waals surface area contributed by atoms with Crippen LogP contribution >= 0.6 is 0 Å². The van der Waals surface area contributed by atoms with E-state index < -0.39 is 10.0 Å². The number of piperidine rings is 1. The Bertz CT molecular complexity index is 592. The minimum absolute atomic E-state index is 0.0979. The zero-order valence-electron chi connectivity index (χ0n) is 13.7. The van der Waals surface area contributed by atoms with Crippen molar-refractivity contribution in [3.8, 4) is 0 Å². The van der Waals surface area contributed by atoms with Crippen molar-refractivity contribution in [1.29, 1.82) is 0 Å². The van der Waals surface area contributed by atoms with Crippen LogP contribution in [0.4, 0.5) is 4.79 Å². The molecular formula is C15H25N3O4S. The van der Waals surface area contributed by atoms with Crippen molar-refractivity contribution >= 4 is 16.1 Å². The number of furan rings is 1. The second-order valence-corrected chi connectivity index (χ2v) is 7.92. The highest BCUT2D eigenvalue weighted by atomic mass is 32.2. The summed E-state index contributed by atoms with van der Waals surface area (Å²) < 4.78 is 29.5. The van der Waals surface area contributed by atoms with E-state index in [9.17, 15) is 13.2 Å². The highest BCUT2D eigenvalue weighted by Crippen LogP contribution is 2.18. The molecule has 1 saturated heterocycles. The molecule has 1 aliphatic rings. The zero-order chi connectivity index (χ0) is 16.9. The number of sulfonamides is 1. The summed E-state index contributed by atoms with van der Waals surface area (Å²) in [4.78, 5) is 14.0. The van der Waals surface area contributed by atoms with Crippen LogP contribution in [0.3, 0.4) is 0 Å². The third-order valence-electron chi connectivity index (χ3n) is 4.21. The van der Waals surface area contributed by atoms with Crippen LogP contribution in [0.25, 0.3) is 0 Å². The van der Waals surface area contributed by atoms with Crippen LogP contribution in [-0.2, 0) is 16.6 Å². The molecule has 1 aromatic rings. The maximum atomic E-state index is 12.2. The molecule has 1 fully saturated rings. The van der Waals surface area contributed by atoms with Crippen molar-refractivity contribution in [2.75, 3.05) is 32.4 Å². The maximum Gasteiger partial charge on any atom is 0.317 e. The van der Waals surface area contributed by atoms with Crippen LogP contribution in [0, 0.1) is 5.92 Å². The van der Waals surface area contributed by atoms with Crippen molar-refractivity contribution in [1.82, 2.24) is 14.5 Å². The highest BCUT2D eigenvalue weighted by Gasteiger charge is 2.25. The van der Waals surface area contributed by atoms with Gasteiger partial charge in [0.05, 0.1) is 25.3 Å². The highest BCUT2D eigenvalue weighted by molar-refractivity contribution is 7.88. The van der Waals surface area contributed by atoms with Crippen LogP contribution in [0.15, 0.2) is 23.0 Å². The van der Waals surface area contributed by atoms with Gasteiger partial charge in [-0.15, -0.1) is 0 Å². The Morgan fingerprint density at radius 3 is 2.65 bits per heavy atom. The van der Waals surface area contributed by atoms with Crippen molar-refractivity contribution < 1.29 is 17.6 Å². The van der Waals surface area contributed by atoms with Gasteiger partial charge in [-0.2, -0.15) is 0 Å². The van der Waals surface area contributed by atoms with E-state index in [1.807, 2.05) is 13.0 Å². The predicted molar refractivity (Wildman–Crippen MR) is 87.3 cm³/mol. The molecule has 2 rings (SSSR count). The summed E-state index contributed by atoms with van der Waals surface area (Å²) in [6, 6.07) is 1.75. The van der Waals surface area contributed by atoms with E-state index in [-0.39, 0.29) is 6.03 Å². The van der Waals surface area contributed by atoms with Gasteiger partial charge in [0.1, 0.15) is 0 Å². The van der Waals surface area contributed by atoms with Crippen molar-refractivity contribution in [2.24, 2.45) is 5.92 Å². The largest absolute Gasteiger partial charge is 0.472 e. The van der Waals surface area contributed by atoms with E-state index in [4.69, 9.17) is 4.42 Å². The number of hydrogen-bond acceptors (Lipinski definition) is 4. The van der Waals surface area contributed by atoms with Crippen LogP contribution in [-0.4, -0.2) is 56.1 Å². The smallest absolute Gasteiger partial charge is 0.317 e. The number of urea groups is 1. The lowest BCUT2D eigenvalue weighted by molar-refractivity contribution is 0.192. The molecule has 1 aromatic heterocycles. The van der Waals surface area contributed by atoms with E-state index >= 15 is 0 Å². The Balaban J connectivity index is 1.76. The lowest BCUT2D eigenvalue weighted by Gasteiger charge is -2.31. The third kappa shape index (κ3) is 5.24. The molecule has 0 aliphatic carbocycles. The Morgan fingerprint density at radius 1 is 1.43 bits per heavy atom. The number of carbonyl (C=O) groups is 1. The van der Waals surface area contributed by atoms with Gasteiger partial charge in [0.2, 0.25) is 10.0 Å². The van der Waals surface area contributed by atoms with E-state index in [1.54, 1.807) is 17.4 Å². The van der Waals surface area contributed by atoms with Crippen molar-refractivity contribution in [3.05, 3.63) is 24.2 Å². The lowest BCUT2D eigenvalue weighted by Crippen LogP contribution is -2.44. The van der Waals surface area contributed by atoms with Gasteiger partial charge in [0, 0.05) is 31.7 Å². The number of nitrogens with zero attached hydrogens (tertiary/aromatic N) is 2. The summed E-state index contributed by atoms with van der Waals surface area (Å²) in [7, 11) is -3.10. The Kier molecular flexibility index (Phi) is 6.06. The summed E-state index contributed by atoms with van der Waals surface area (Å²) in [6.07, 6.45) is 6.03.